The Morgan fingerprint density at radius 2 is 0.526 bits per heavy atom. The van der Waals surface area contributed by atoms with Gasteiger partial charge < -0.3 is 14.6 Å². The van der Waals surface area contributed by atoms with Gasteiger partial charge in [-0.3, -0.25) is 9.59 Å². The Kier molecular flexibility index (Phi) is 62.4. The number of carbonyl (C=O) groups is 2. The van der Waals surface area contributed by atoms with E-state index in [1.54, 1.807) is 0 Å². The van der Waals surface area contributed by atoms with Gasteiger partial charge in [0.2, 0.25) is 0 Å². The van der Waals surface area contributed by atoms with Crippen molar-refractivity contribution < 1.29 is 24.2 Å². The Bertz CT molecular complexity index is 1520. The average Bonchev–Trinajstić information content (AvgIpc) is 3.42. The van der Waals surface area contributed by atoms with Gasteiger partial charge in [0.05, 0.1) is 6.61 Å². The Balaban J connectivity index is 3.47. The molecule has 0 aromatic carbocycles. The van der Waals surface area contributed by atoms with E-state index >= 15 is 0 Å². The number of esters is 2. The van der Waals surface area contributed by atoms with E-state index in [4.69, 9.17) is 9.47 Å². The van der Waals surface area contributed by atoms with E-state index in [2.05, 4.69) is 135 Å². The van der Waals surface area contributed by atoms with Crippen molar-refractivity contribution in [2.24, 2.45) is 0 Å². The minimum atomic E-state index is -0.780. The number of rotatable bonds is 58. The third-order valence-corrected chi connectivity index (χ3v) is 13.8. The Hall–Kier alpha value is -3.70. The summed E-state index contributed by atoms with van der Waals surface area (Å²) in [5.41, 5.74) is 0. The number of hydrogen-bond donors (Lipinski definition) is 1. The predicted molar refractivity (Wildman–Crippen MR) is 334 cm³/mol. The van der Waals surface area contributed by atoms with Crippen LogP contribution in [0.2, 0.25) is 0 Å². The molecule has 0 aliphatic heterocycles. The number of unbranched alkanes of at least 4 members (excludes halogenated alkanes) is 30. The van der Waals surface area contributed by atoms with Crippen LogP contribution in [0.15, 0.2) is 122 Å². The largest absolute Gasteiger partial charge is 0.462 e. The second kappa shape index (κ2) is 65.6. The molecule has 0 aromatic rings. The van der Waals surface area contributed by atoms with E-state index in [0.29, 0.717) is 12.8 Å². The fourth-order valence-electron chi connectivity index (χ4n) is 9.02. The van der Waals surface area contributed by atoms with Crippen LogP contribution in [0, 0.1) is 0 Å². The molecular formula is C71H120O5. The normalized spacial score (nSPS) is 13.0. The predicted octanol–water partition coefficient (Wildman–Crippen LogP) is 22.2. The average molecular weight is 1050 g/mol. The zero-order valence-corrected chi connectivity index (χ0v) is 49.7. The van der Waals surface area contributed by atoms with Gasteiger partial charge in [-0.2, -0.15) is 0 Å². The molecule has 434 valence electrons. The molecular weight excluding hydrogens is 933 g/mol. The molecule has 0 aliphatic rings. The van der Waals surface area contributed by atoms with Crippen LogP contribution in [0.3, 0.4) is 0 Å². The second-order valence-electron chi connectivity index (χ2n) is 21.1. The van der Waals surface area contributed by atoms with Gasteiger partial charge in [0.25, 0.3) is 0 Å². The number of aliphatic hydroxyl groups is 1. The number of allylic oxidation sites excluding steroid dienone is 20. The van der Waals surface area contributed by atoms with Crippen molar-refractivity contribution in [2.45, 2.75) is 302 Å². The highest BCUT2D eigenvalue weighted by Crippen LogP contribution is 2.17. The summed E-state index contributed by atoms with van der Waals surface area (Å²) < 4.78 is 10.7. The van der Waals surface area contributed by atoms with E-state index < -0.39 is 6.10 Å². The number of ether oxygens (including phenoxy) is 2. The molecule has 0 saturated carbocycles. The van der Waals surface area contributed by atoms with Gasteiger partial charge in [0.1, 0.15) is 6.61 Å². The van der Waals surface area contributed by atoms with E-state index in [-0.39, 0.29) is 25.2 Å². The standard InChI is InChI=1S/C71H120O5/c1-3-5-7-9-11-13-15-17-19-21-23-25-27-29-31-32-33-34-35-36-37-38-40-42-44-46-48-50-52-54-56-58-60-62-64-66-71(74)76-69(67-72)68-75-70(73)65-63-61-59-57-55-53-51-49-47-45-43-41-39-30-28-26-24-22-20-18-16-14-12-10-8-6-4-2/h5-8,11-14,17-20,23-26,29-31,39,69,72H,3-4,9-10,15-16,21-22,27-28,32-38,40-68H2,1-2H3/b7-5-,8-6-,13-11-,14-12-,19-17-,20-18-,25-23-,26-24-,31-29-,39-30-. The third kappa shape index (κ3) is 62.8. The number of aliphatic hydroxyl groups excluding tert-OH is 1. The summed E-state index contributed by atoms with van der Waals surface area (Å²) in [5, 5.41) is 9.69. The number of carbonyl (C=O) groups excluding carboxylic acids is 2. The monoisotopic (exact) mass is 1050 g/mol. The SMILES string of the molecule is CC/C=C\C/C=C\C/C=C\C/C=C\C/C=C\CCCCCCCCCCCCCCCCCCCCCC(=O)OC(CO)COC(=O)CCCCCCCCCCCCC/C=C\C/C=C\C/C=C\C/C=C\C/C=C\CC. The van der Waals surface area contributed by atoms with Crippen molar-refractivity contribution in [3.05, 3.63) is 122 Å². The molecule has 0 spiro atoms. The van der Waals surface area contributed by atoms with Gasteiger partial charge in [-0.15, -0.1) is 0 Å². The summed E-state index contributed by atoms with van der Waals surface area (Å²) in [5.74, 6) is -0.588. The first-order chi connectivity index (χ1) is 37.6. The summed E-state index contributed by atoms with van der Waals surface area (Å²) >= 11 is 0. The number of hydrogen-bond acceptors (Lipinski definition) is 5. The molecule has 0 aliphatic carbocycles. The highest BCUT2D eigenvalue weighted by Gasteiger charge is 2.16. The van der Waals surface area contributed by atoms with Crippen molar-refractivity contribution in [1.29, 1.82) is 0 Å². The molecule has 0 aromatic heterocycles. The zero-order valence-electron chi connectivity index (χ0n) is 49.7. The zero-order chi connectivity index (χ0) is 54.8. The van der Waals surface area contributed by atoms with Crippen LogP contribution in [0.25, 0.3) is 0 Å². The molecule has 0 amide bonds. The van der Waals surface area contributed by atoms with Crippen molar-refractivity contribution in [1.82, 2.24) is 0 Å². The van der Waals surface area contributed by atoms with Gasteiger partial charge in [-0.1, -0.05) is 302 Å². The molecule has 1 unspecified atom stereocenters. The lowest BCUT2D eigenvalue weighted by Gasteiger charge is -2.15. The highest BCUT2D eigenvalue weighted by molar-refractivity contribution is 5.70. The van der Waals surface area contributed by atoms with E-state index in [0.717, 1.165) is 103 Å². The Labute approximate surface area is 471 Å². The van der Waals surface area contributed by atoms with Crippen LogP contribution >= 0.6 is 0 Å². The second-order valence-corrected chi connectivity index (χ2v) is 21.1. The lowest BCUT2D eigenvalue weighted by Crippen LogP contribution is -2.28. The van der Waals surface area contributed by atoms with Crippen LogP contribution < -0.4 is 0 Å². The molecule has 0 saturated heterocycles. The van der Waals surface area contributed by atoms with E-state index in [1.807, 2.05) is 0 Å². The minimum Gasteiger partial charge on any atom is -0.462 e. The maximum atomic E-state index is 12.4. The third-order valence-electron chi connectivity index (χ3n) is 13.8. The first-order valence-electron chi connectivity index (χ1n) is 32.1. The minimum absolute atomic E-state index is 0.0703. The maximum absolute atomic E-state index is 12.4. The quantitative estimate of drug-likeness (QED) is 0.0373. The summed E-state index contributed by atoms with van der Waals surface area (Å²) in [6.45, 7) is 3.93. The van der Waals surface area contributed by atoms with Gasteiger partial charge in [-0.05, 0) is 103 Å². The lowest BCUT2D eigenvalue weighted by atomic mass is 10.0. The molecule has 76 heavy (non-hydrogen) atoms. The molecule has 0 rings (SSSR count). The summed E-state index contributed by atoms with van der Waals surface area (Å²) in [4.78, 5) is 24.6. The fourth-order valence-corrected chi connectivity index (χ4v) is 9.02. The first-order valence-corrected chi connectivity index (χ1v) is 32.1. The summed E-state index contributed by atoms with van der Waals surface area (Å²) in [7, 11) is 0. The molecule has 5 nitrogen and oxygen atoms in total. The van der Waals surface area contributed by atoms with Gasteiger partial charge in [0.15, 0.2) is 6.10 Å². The van der Waals surface area contributed by atoms with Crippen molar-refractivity contribution in [3.63, 3.8) is 0 Å². The van der Waals surface area contributed by atoms with Crippen LogP contribution in [-0.2, 0) is 19.1 Å². The first kappa shape index (κ1) is 72.3. The molecule has 0 bridgehead atoms. The Morgan fingerprint density at radius 3 is 0.789 bits per heavy atom. The van der Waals surface area contributed by atoms with Gasteiger partial charge in [-0.25, -0.2) is 0 Å². The Morgan fingerprint density at radius 1 is 0.303 bits per heavy atom. The van der Waals surface area contributed by atoms with Crippen molar-refractivity contribution in [3.8, 4) is 0 Å². The van der Waals surface area contributed by atoms with Crippen LogP contribution in [0.5, 0.6) is 0 Å². The lowest BCUT2D eigenvalue weighted by molar-refractivity contribution is -0.161. The summed E-state index contributed by atoms with van der Waals surface area (Å²) in [6, 6.07) is 0. The molecule has 0 heterocycles. The van der Waals surface area contributed by atoms with Crippen LogP contribution in [0.1, 0.15) is 296 Å². The van der Waals surface area contributed by atoms with E-state index in [1.165, 1.54) is 167 Å². The summed E-state index contributed by atoms with van der Waals surface area (Å²) in [6.07, 6.45) is 96.3. The topological polar surface area (TPSA) is 72.8 Å². The van der Waals surface area contributed by atoms with E-state index in [9.17, 15) is 14.7 Å². The van der Waals surface area contributed by atoms with Gasteiger partial charge in [0, 0.05) is 12.8 Å². The fraction of sp³-hybridized carbons (Fsp3) is 0.690. The molecule has 1 atom stereocenters. The molecule has 0 radical (unpaired) electrons. The molecule has 1 N–H and O–H groups in total. The smallest absolute Gasteiger partial charge is 0.306 e. The van der Waals surface area contributed by atoms with Crippen molar-refractivity contribution in [2.75, 3.05) is 13.2 Å². The van der Waals surface area contributed by atoms with Crippen molar-refractivity contribution >= 4 is 11.9 Å². The molecule has 5 heteroatoms. The van der Waals surface area contributed by atoms with Gasteiger partial charge >= 0.3 is 11.9 Å². The van der Waals surface area contributed by atoms with Crippen LogP contribution in [-0.4, -0.2) is 36.4 Å². The maximum Gasteiger partial charge on any atom is 0.306 e. The molecule has 0 fully saturated rings. The highest BCUT2D eigenvalue weighted by atomic mass is 16.6. The van der Waals surface area contributed by atoms with Crippen LogP contribution in [0.4, 0.5) is 0 Å².